The summed E-state index contributed by atoms with van der Waals surface area (Å²) in [4.78, 5) is 0. The van der Waals surface area contributed by atoms with Crippen LogP contribution in [0.3, 0.4) is 0 Å². The molecule has 0 unspecified atom stereocenters. The van der Waals surface area contributed by atoms with E-state index in [2.05, 4.69) is 0 Å². The zero-order valence-electron chi connectivity index (χ0n) is 9.33. The summed E-state index contributed by atoms with van der Waals surface area (Å²) in [6.07, 6.45) is 0.227. The number of nitrogens with two attached hydrogens (primary N) is 1. The minimum atomic E-state index is -3.77. The van der Waals surface area contributed by atoms with Gasteiger partial charge in [0.15, 0.2) is 5.82 Å². The Morgan fingerprint density at radius 1 is 1.35 bits per heavy atom. The molecule has 1 aromatic rings. The van der Waals surface area contributed by atoms with E-state index in [1.54, 1.807) is 0 Å². The summed E-state index contributed by atoms with van der Waals surface area (Å²) >= 11 is 0. The van der Waals surface area contributed by atoms with Crippen LogP contribution in [0.1, 0.15) is 12.0 Å². The van der Waals surface area contributed by atoms with Crippen LogP contribution < -0.4 is 10.5 Å². The Labute approximate surface area is 98.9 Å². The third kappa shape index (κ3) is 3.64. The number of hydrogen-bond donors (Lipinski definition) is 2. The van der Waals surface area contributed by atoms with E-state index in [4.69, 9.17) is 5.73 Å². The summed E-state index contributed by atoms with van der Waals surface area (Å²) in [6.45, 7) is 1.62. The van der Waals surface area contributed by atoms with Crippen molar-refractivity contribution in [1.82, 2.24) is 0 Å². The molecule has 1 aromatic carbocycles. The van der Waals surface area contributed by atoms with Gasteiger partial charge in [0.1, 0.15) is 11.5 Å². The normalized spacial score (nSPS) is 11.5. The predicted octanol–water partition coefficient (Wildman–Crippen LogP) is 1.36. The number of halogens is 2. The number of nitrogens with one attached hydrogen (secondary N) is 1. The van der Waals surface area contributed by atoms with Crippen molar-refractivity contribution in [3.05, 3.63) is 29.3 Å². The van der Waals surface area contributed by atoms with E-state index in [0.717, 1.165) is 6.07 Å². The molecule has 0 saturated carbocycles. The summed E-state index contributed by atoms with van der Waals surface area (Å²) in [5.41, 5.74) is 4.70. The lowest BCUT2D eigenvalue weighted by Gasteiger charge is -2.10. The van der Waals surface area contributed by atoms with Crippen molar-refractivity contribution in [2.45, 2.75) is 13.3 Å². The van der Waals surface area contributed by atoms with E-state index in [0.29, 0.717) is 0 Å². The fourth-order valence-electron chi connectivity index (χ4n) is 1.23. The van der Waals surface area contributed by atoms with Gasteiger partial charge in [0, 0.05) is 0 Å². The van der Waals surface area contributed by atoms with Crippen molar-refractivity contribution in [3.8, 4) is 0 Å². The summed E-state index contributed by atoms with van der Waals surface area (Å²) < 4.78 is 51.7. The zero-order chi connectivity index (χ0) is 13.1. The number of benzene rings is 1. The average Bonchev–Trinajstić information content (AvgIpc) is 2.27. The Morgan fingerprint density at radius 2 is 2.00 bits per heavy atom. The van der Waals surface area contributed by atoms with Crippen LogP contribution in [0, 0.1) is 18.6 Å². The van der Waals surface area contributed by atoms with Crippen molar-refractivity contribution in [1.29, 1.82) is 0 Å². The molecule has 0 aliphatic carbocycles. The minimum absolute atomic E-state index is 0.169. The molecule has 0 radical (unpaired) electrons. The minimum Gasteiger partial charge on any atom is -0.330 e. The van der Waals surface area contributed by atoms with Gasteiger partial charge < -0.3 is 5.73 Å². The molecule has 0 aliphatic rings. The lowest BCUT2D eigenvalue weighted by atomic mass is 10.2. The highest BCUT2D eigenvalue weighted by atomic mass is 32.2. The first-order valence-corrected chi connectivity index (χ1v) is 6.68. The van der Waals surface area contributed by atoms with E-state index in [1.807, 2.05) is 4.72 Å². The van der Waals surface area contributed by atoms with E-state index in [9.17, 15) is 17.2 Å². The number of aryl methyl sites for hydroxylation is 1. The number of hydrogen-bond acceptors (Lipinski definition) is 3. The number of anilines is 1. The maximum absolute atomic E-state index is 13.5. The molecular weight excluding hydrogens is 250 g/mol. The predicted molar refractivity (Wildman–Crippen MR) is 62.2 cm³/mol. The van der Waals surface area contributed by atoms with E-state index < -0.39 is 27.3 Å². The highest BCUT2D eigenvalue weighted by Crippen LogP contribution is 2.22. The molecule has 0 amide bonds. The fraction of sp³-hybridized carbons (Fsp3) is 0.400. The fourth-order valence-corrected chi connectivity index (χ4v) is 2.38. The third-order valence-corrected chi connectivity index (χ3v) is 3.50. The zero-order valence-corrected chi connectivity index (χ0v) is 10.2. The Morgan fingerprint density at radius 3 is 2.59 bits per heavy atom. The third-order valence-electron chi connectivity index (χ3n) is 2.16. The van der Waals surface area contributed by atoms with E-state index >= 15 is 0 Å². The molecule has 0 atom stereocenters. The first-order valence-electron chi connectivity index (χ1n) is 5.02. The molecule has 7 heteroatoms. The van der Waals surface area contributed by atoms with Crippen LogP contribution in [0.5, 0.6) is 0 Å². The first kappa shape index (κ1) is 13.9. The van der Waals surface area contributed by atoms with Crippen LogP contribution >= 0.6 is 0 Å². The number of rotatable bonds is 5. The average molecular weight is 264 g/mol. The van der Waals surface area contributed by atoms with E-state index in [-0.39, 0.29) is 24.3 Å². The molecule has 96 valence electrons. The Bertz CT molecular complexity index is 503. The van der Waals surface area contributed by atoms with Crippen LogP contribution in [0.2, 0.25) is 0 Å². The highest BCUT2D eigenvalue weighted by molar-refractivity contribution is 7.92. The van der Waals surface area contributed by atoms with Crippen LogP contribution in [0.4, 0.5) is 14.5 Å². The van der Waals surface area contributed by atoms with Gasteiger partial charge in [0.25, 0.3) is 0 Å². The smallest absolute Gasteiger partial charge is 0.232 e. The maximum atomic E-state index is 13.5. The lowest BCUT2D eigenvalue weighted by Crippen LogP contribution is -2.20. The van der Waals surface area contributed by atoms with Crippen LogP contribution in [-0.4, -0.2) is 20.7 Å². The Kier molecular flexibility index (Phi) is 4.41. The highest BCUT2D eigenvalue weighted by Gasteiger charge is 2.17. The van der Waals surface area contributed by atoms with Gasteiger partial charge in [-0.15, -0.1) is 0 Å². The van der Waals surface area contributed by atoms with Gasteiger partial charge in [-0.25, -0.2) is 17.2 Å². The van der Waals surface area contributed by atoms with Crippen molar-refractivity contribution in [2.75, 3.05) is 17.0 Å². The van der Waals surface area contributed by atoms with Gasteiger partial charge in [-0.3, -0.25) is 4.72 Å². The molecule has 0 heterocycles. The molecule has 4 nitrogen and oxygen atoms in total. The second-order valence-electron chi connectivity index (χ2n) is 3.62. The van der Waals surface area contributed by atoms with Gasteiger partial charge in [0.2, 0.25) is 10.0 Å². The van der Waals surface area contributed by atoms with Crippen molar-refractivity contribution in [2.24, 2.45) is 5.73 Å². The largest absolute Gasteiger partial charge is 0.330 e. The second-order valence-corrected chi connectivity index (χ2v) is 5.46. The Balaban J connectivity index is 2.99. The molecule has 3 N–H and O–H groups in total. The van der Waals surface area contributed by atoms with Gasteiger partial charge in [-0.1, -0.05) is 6.07 Å². The Hall–Kier alpha value is -1.21. The van der Waals surface area contributed by atoms with Gasteiger partial charge in [-0.2, -0.15) is 0 Å². The van der Waals surface area contributed by atoms with Crippen molar-refractivity contribution < 1.29 is 17.2 Å². The molecule has 0 bridgehead atoms. The van der Waals surface area contributed by atoms with E-state index in [1.165, 1.54) is 13.0 Å². The quantitative estimate of drug-likeness (QED) is 0.843. The van der Waals surface area contributed by atoms with Gasteiger partial charge >= 0.3 is 0 Å². The van der Waals surface area contributed by atoms with Gasteiger partial charge in [-0.05, 0) is 31.5 Å². The summed E-state index contributed by atoms with van der Waals surface area (Å²) in [6, 6.07) is 2.25. The van der Waals surface area contributed by atoms with Crippen LogP contribution in [0.25, 0.3) is 0 Å². The maximum Gasteiger partial charge on any atom is 0.232 e. The molecule has 0 saturated heterocycles. The molecule has 0 aliphatic heterocycles. The first-order chi connectivity index (χ1) is 7.87. The molecular formula is C10H14F2N2O2S. The number of sulfonamides is 1. The molecule has 0 fully saturated rings. The summed E-state index contributed by atoms with van der Waals surface area (Å²) in [5, 5.41) is 0. The molecule has 1 rings (SSSR count). The van der Waals surface area contributed by atoms with Crippen LogP contribution in [-0.2, 0) is 10.0 Å². The molecule has 0 spiro atoms. The molecule has 17 heavy (non-hydrogen) atoms. The lowest BCUT2D eigenvalue weighted by molar-refractivity contribution is 0.578. The van der Waals surface area contributed by atoms with Gasteiger partial charge in [0.05, 0.1) is 5.75 Å². The van der Waals surface area contributed by atoms with Crippen molar-refractivity contribution in [3.63, 3.8) is 0 Å². The molecule has 0 aromatic heterocycles. The van der Waals surface area contributed by atoms with Crippen molar-refractivity contribution >= 4 is 15.7 Å². The monoisotopic (exact) mass is 264 g/mol. The summed E-state index contributed by atoms with van der Waals surface area (Å²) in [5.74, 6) is -2.11. The topological polar surface area (TPSA) is 72.2 Å². The SMILES string of the molecule is Cc1ccc(F)c(NS(=O)(=O)CCCN)c1F. The summed E-state index contributed by atoms with van der Waals surface area (Å²) in [7, 11) is -3.77. The standard InChI is InChI=1S/C10H14F2N2O2S/c1-7-3-4-8(11)10(9(7)12)14-17(15,16)6-2-5-13/h3-4,14H,2,5-6,13H2,1H3. The van der Waals surface area contributed by atoms with Crippen LogP contribution in [0.15, 0.2) is 12.1 Å². The second kappa shape index (κ2) is 5.42.